The maximum atomic E-state index is 10.7. The van der Waals surface area contributed by atoms with Crippen LogP contribution in [0.15, 0.2) is 16.7 Å². The molecule has 0 aliphatic carbocycles. The summed E-state index contributed by atoms with van der Waals surface area (Å²) in [6.07, 6.45) is 4.30. The van der Waals surface area contributed by atoms with Gasteiger partial charge in [0, 0.05) is 25.8 Å². The van der Waals surface area contributed by atoms with Crippen molar-refractivity contribution in [3.63, 3.8) is 0 Å². The first-order chi connectivity index (χ1) is 10.1. The number of anilines is 1. The van der Waals surface area contributed by atoms with E-state index in [1.165, 1.54) is 12.3 Å². The SMILES string of the molecule is NCCCOC1CCN(c2ncc([N+](=O)[O-])cc2Br)CC1. The van der Waals surface area contributed by atoms with Crippen molar-refractivity contribution in [2.24, 2.45) is 5.73 Å². The first-order valence-corrected chi connectivity index (χ1v) is 7.77. The van der Waals surface area contributed by atoms with Crippen molar-refractivity contribution in [3.05, 3.63) is 26.9 Å². The van der Waals surface area contributed by atoms with Crippen LogP contribution in [0.2, 0.25) is 0 Å². The normalized spacial score (nSPS) is 16.2. The Labute approximate surface area is 131 Å². The topological polar surface area (TPSA) is 94.5 Å². The molecule has 0 amide bonds. The standard InChI is InChI=1S/C13H19BrN4O3/c14-12-8-10(18(19)20)9-16-13(12)17-5-2-11(3-6-17)21-7-1-4-15/h8-9,11H,1-7,15H2. The van der Waals surface area contributed by atoms with E-state index in [0.29, 0.717) is 17.6 Å². The van der Waals surface area contributed by atoms with Crippen molar-refractivity contribution in [2.45, 2.75) is 25.4 Å². The number of piperidine rings is 1. The lowest BCUT2D eigenvalue weighted by Crippen LogP contribution is -2.37. The van der Waals surface area contributed by atoms with Gasteiger partial charge < -0.3 is 15.4 Å². The monoisotopic (exact) mass is 358 g/mol. The minimum atomic E-state index is -0.445. The van der Waals surface area contributed by atoms with Gasteiger partial charge in [0.25, 0.3) is 5.69 Å². The Kier molecular flexibility index (Phi) is 5.89. The van der Waals surface area contributed by atoms with Gasteiger partial charge in [0.05, 0.1) is 15.5 Å². The third kappa shape index (κ3) is 4.36. The van der Waals surface area contributed by atoms with E-state index in [-0.39, 0.29) is 11.8 Å². The molecule has 1 aliphatic heterocycles. The van der Waals surface area contributed by atoms with Crippen LogP contribution in [-0.4, -0.2) is 42.3 Å². The van der Waals surface area contributed by atoms with Crippen LogP contribution in [0.1, 0.15) is 19.3 Å². The lowest BCUT2D eigenvalue weighted by Gasteiger charge is -2.33. The minimum absolute atomic E-state index is 0.00868. The molecule has 1 fully saturated rings. The second kappa shape index (κ2) is 7.67. The number of rotatable bonds is 6. The average Bonchev–Trinajstić information content (AvgIpc) is 2.48. The van der Waals surface area contributed by atoms with Gasteiger partial charge in [-0.05, 0) is 41.7 Å². The van der Waals surface area contributed by atoms with E-state index in [2.05, 4.69) is 25.8 Å². The third-order valence-corrected chi connectivity index (χ3v) is 4.05. The molecule has 0 spiro atoms. The fourth-order valence-corrected chi connectivity index (χ4v) is 2.91. The van der Waals surface area contributed by atoms with Crippen LogP contribution in [0.5, 0.6) is 0 Å². The molecule has 0 aromatic carbocycles. The maximum absolute atomic E-state index is 10.7. The van der Waals surface area contributed by atoms with Crippen molar-refractivity contribution in [2.75, 3.05) is 31.1 Å². The molecule has 2 rings (SSSR count). The molecule has 2 N–H and O–H groups in total. The molecule has 7 nitrogen and oxygen atoms in total. The molecule has 1 aromatic rings. The number of ether oxygens (including phenoxy) is 1. The summed E-state index contributed by atoms with van der Waals surface area (Å²) in [5.41, 5.74) is 5.43. The predicted molar refractivity (Wildman–Crippen MR) is 83.4 cm³/mol. The van der Waals surface area contributed by atoms with Gasteiger partial charge in [-0.25, -0.2) is 4.98 Å². The van der Waals surface area contributed by atoms with Crippen LogP contribution in [0, 0.1) is 10.1 Å². The summed E-state index contributed by atoms with van der Waals surface area (Å²) in [4.78, 5) is 16.6. The Bertz CT molecular complexity index is 492. The van der Waals surface area contributed by atoms with Gasteiger partial charge in [0.15, 0.2) is 0 Å². The molecule has 2 heterocycles. The van der Waals surface area contributed by atoms with Crippen molar-refractivity contribution < 1.29 is 9.66 Å². The molecule has 0 unspecified atom stereocenters. The molecule has 8 heteroatoms. The van der Waals surface area contributed by atoms with Crippen LogP contribution >= 0.6 is 15.9 Å². The third-order valence-electron chi connectivity index (χ3n) is 3.46. The van der Waals surface area contributed by atoms with E-state index in [4.69, 9.17) is 10.5 Å². The summed E-state index contributed by atoms with van der Waals surface area (Å²) in [6.45, 7) is 3.02. The molecule has 0 radical (unpaired) electrons. The van der Waals surface area contributed by atoms with Crippen LogP contribution < -0.4 is 10.6 Å². The molecule has 1 aromatic heterocycles. The van der Waals surface area contributed by atoms with Gasteiger partial charge in [-0.1, -0.05) is 0 Å². The Hall–Kier alpha value is -1.25. The Balaban J connectivity index is 1.91. The summed E-state index contributed by atoms with van der Waals surface area (Å²) >= 11 is 3.36. The van der Waals surface area contributed by atoms with Crippen LogP contribution in [-0.2, 0) is 4.74 Å². The number of hydrogen-bond donors (Lipinski definition) is 1. The number of nitrogens with zero attached hydrogens (tertiary/aromatic N) is 3. The Morgan fingerprint density at radius 3 is 2.81 bits per heavy atom. The fourth-order valence-electron chi connectivity index (χ4n) is 2.32. The highest BCUT2D eigenvalue weighted by Crippen LogP contribution is 2.29. The molecular weight excluding hydrogens is 340 g/mol. The zero-order valence-corrected chi connectivity index (χ0v) is 13.3. The quantitative estimate of drug-likeness (QED) is 0.475. The van der Waals surface area contributed by atoms with Crippen molar-refractivity contribution in [1.29, 1.82) is 0 Å². The van der Waals surface area contributed by atoms with E-state index in [1.54, 1.807) is 0 Å². The van der Waals surface area contributed by atoms with Gasteiger partial charge in [-0.3, -0.25) is 10.1 Å². The van der Waals surface area contributed by atoms with Crippen LogP contribution in [0.3, 0.4) is 0 Å². The number of hydrogen-bond acceptors (Lipinski definition) is 6. The van der Waals surface area contributed by atoms with Crippen molar-refractivity contribution >= 4 is 27.4 Å². The predicted octanol–water partition coefficient (Wildman–Crippen LogP) is 2.09. The zero-order valence-electron chi connectivity index (χ0n) is 11.7. The van der Waals surface area contributed by atoms with Gasteiger partial charge in [0.1, 0.15) is 12.0 Å². The molecule has 21 heavy (non-hydrogen) atoms. The van der Waals surface area contributed by atoms with E-state index >= 15 is 0 Å². The maximum Gasteiger partial charge on any atom is 0.288 e. The minimum Gasteiger partial charge on any atom is -0.378 e. The zero-order chi connectivity index (χ0) is 15.2. The summed E-state index contributed by atoms with van der Waals surface area (Å²) in [5, 5.41) is 10.7. The highest BCUT2D eigenvalue weighted by molar-refractivity contribution is 9.10. The van der Waals surface area contributed by atoms with E-state index < -0.39 is 4.92 Å². The summed E-state index contributed by atoms with van der Waals surface area (Å²) in [6, 6.07) is 1.49. The lowest BCUT2D eigenvalue weighted by atomic mass is 10.1. The highest BCUT2D eigenvalue weighted by Gasteiger charge is 2.23. The largest absolute Gasteiger partial charge is 0.378 e. The molecule has 1 aliphatic rings. The second-order valence-corrected chi connectivity index (χ2v) is 5.81. The fraction of sp³-hybridized carbons (Fsp3) is 0.615. The molecular formula is C13H19BrN4O3. The summed E-state index contributed by atoms with van der Waals surface area (Å²) in [5.74, 6) is 0.751. The number of aromatic nitrogens is 1. The van der Waals surface area contributed by atoms with Crippen molar-refractivity contribution in [3.8, 4) is 0 Å². The van der Waals surface area contributed by atoms with Crippen molar-refractivity contribution in [1.82, 2.24) is 4.98 Å². The van der Waals surface area contributed by atoms with Crippen LogP contribution in [0.25, 0.3) is 0 Å². The molecule has 0 saturated carbocycles. The summed E-state index contributed by atoms with van der Waals surface area (Å²) in [7, 11) is 0. The first-order valence-electron chi connectivity index (χ1n) is 6.98. The highest BCUT2D eigenvalue weighted by atomic mass is 79.9. The molecule has 116 valence electrons. The van der Waals surface area contributed by atoms with Gasteiger partial charge in [-0.2, -0.15) is 0 Å². The Morgan fingerprint density at radius 1 is 1.52 bits per heavy atom. The smallest absolute Gasteiger partial charge is 0.288 e. The van der Waals surface area contributed by atoms with Gasteiger partial charge in [0.2, 0.25) is 0 Å². The van der Waals surface area contributed by atoms with Gasteiger partial charge in [-0.15, -0.1) is 0 Å². The van der Waals surface area contributed by atoms with Gasteiger partial charge >= 0.3 is 0 Å². The van der Waals surface area contributed by atoms with E-state index in [9.17, 15) is 10.1 Å². The number of pyridine rings is 1. The van der Waals surface area contributed by atoms with E-state index in [1.807, 2.05) is 0 Å². The van der Waals surface area contributed by atoms with E-state index in [0.717, 1.165) is 38.2 Å². The summed E-state index contributed by atoms with van der Waals surface area (Å²) < 4.78 is 6.41. The lowest BCUT2D eigenvalue weighted by molar-refractivity contribution is -0.385. The van der Waals surface area contributed by atoms with Crippen LogP contribution in [0.4, 0.5) is 11.5 Å². The molecule has 0 atom stereocenters. The average molecular weight is 359 g/mol. The number of halogens is 1. The molecule has 1 saturated heterocycles. The Morgan fingerprint density at radius 2 is 2.24 bits per heavy atom. The molecule has 0 bridgehead atoms. The number of nitro groups is 1. The first kappa shape index (κ1) is 16.1. The number of nitrogens with two attached hydrogens (primary N) is 1. The second-order valence-electron chi connectivity index (χ2n) is 4.96.